The summed E-state index contributed by atoms with van der Waals surface area (Å²) in [5, 5.41) is 1.14. The molecule has 2 aromatic rings. The average molecular weight is 238 g/mol. The van der Waals surface area contributed by atoms with Crippen LogP contribution in [0.3, 0.4) is 0 Å². The summed E-state index contributed by atoms with van der Waals surface area (Å²) in [5.41, 5.74) is 2.88. The number of benzene rings is 1. The van der Waals surface area contributed by atoms with Gasteiger partial charge in [-0.1, -0.05) is 41.4 Å². The average Bonchev–Trinajstić information content (AvgIpc) is 2.24. The van der Waals surface area contributed by atoms with Crippen molar-refractivity contribution in [2.45, 2.75) is 6.92 Å². The molecule has 2 rings (SSSR count). The Morgan fingerprint density at radius 3 is 2.53 bits per heavy atom. The summed E-state index contributed by atoms with van der Waals surface area (Å²) in [6, 6.07) is 9.52. The first-order valence-corrected chi connectivity index (χ1v) is 5.31. The summed E-state index contributed by atoms with van der Waals surface area (Å²) >= 11 is 12.1. The van der Waals surface area contributed by atoms with Crippen LogP contribution in [0.5, 0.6) is 0 Å². The van der Waals surface area contributed by atoms with Crippen LogP contribution >= 0.6 is 23.2 Å². The van der Waals surface area contributed by atoms with Gasteiger partial charge >= 0.3 is 0 Å². The molecular weight excluding hydrogens is 229 g/mol. The minimum absolute atomic E-state index is 0.565. The van der Waals surface area contributed by atoms with Crippen LogP contribution in [0, 0.1) is 6.92 Å². The monoisotopic (exact) mass is 237 g/mol. The predicted octanol–water partition coefficient (Wildman–Crippen LogP) is 4.36. The lowest BCUT2D eigenvalue weighted by Gasteiger charge is -2.05. The molecule has 76 valence electrons. The minimum atomic E-state index is 0.565. The van der Waals surface area contributed by atoms with Gasteiger partial charge in [-0.15, -0.1) is 0 Å². The fraction of sp³-hybridized carbons (Fsp3) is 0.0833. The molecule has 0 amide bonds. The number of pyridine rings is 1. The lowest BCUT2D eigenvalue weighted by molar-refractivity contribution is 1.20. The van der Waals surface area contributed by atoms with Crippen molar-refractivity contribution in [2.75, 3.05) is 0 Å². The number of hydrogen-bond acceptors (Lipinski definition) is 1. The van der Waals surface area contributed by atoms with Crippen LogP contribution < -0.4 is 0 Å². The molecular formula is C12H9Cl2N. The molecule has 0 fully saturated rings. The maximum atomic E-state index is 6.11. The van der Waals surface area contributed by atoms with Gasteiger partial charge in [0.25, 0.3) is 0 Å². The van der Waals surface area contributed by atoms with E-state index in [1.54, 1.807) is 12.3 Å². The van der Waals surface area contributed by atoms with Crippen LogP contribution in [0.2, 0.25) is 10.0 Å². The Morgan fingerprint density at radius 1 is 1.07 bits per heavy atom. The third-order valence-electron chi connectivity index (χ3n) is 2.17. The van der Waals surface area contributed by atoms with Crippen molar-refractivity contribution in [3.05, 3.63) is 52.3 Å². The van der Waals surface area contributed by atoms with Crippen molar-refractivity contribution in [1.29, 1.82) is 0 Å². The van der Waals surface area contributed by atoms with E-state index in [0.29, 0.717) is 10.0 Å². The molecule has 1 nitrogen and oxygen atoms in total. The summed E-state index contributed by atoms with van der Waals surface area (Å²) < 4.78 is 0. The first-order chi connectivity index (χ1) is 7.18. The number of nitrogens with zero attached hydrogens (tertiary/aromatic N) is 1. The van der Waals surface area contributed by atoms with Gasteiger partial charge in [0.2, 0.25) is 0 Å². The molecule has 0 aliphatic rings. The van der Waals surface area contributed by atoms with Gasteiger partial charge in [0, 0.05) is 23.0 Å². The van der Waals surface area contributed by atoms with Gasteiger partial charge in [0.1, 0.15) is 0 Å². The van der Waals surface area contributed by atoms with E-state index in [-0.39, 0.29) is 0 Å². The van der Waals surface area contributed by atoms with E-state index in [9.17, 15) is 0 Å². The van der Waals surface area contributed by atoms with Crippen molar-refractivity contribution in [3.63, 3.8) is 0 Å². The van der Waals surface area contributed by atoms with E-state index in [0.717, 1.165) is 16.8 Å². The van der Waals surface area contributed by atoms with E-state index in [2.05, 4.69) is 4.98 Å². The maximum absolute atomic E-state index is 6.11. The lowest BCUT2D eigenvalue weighted by Crippen LogP contribution is -1.84. The highest BCUT2D eigenvalue weighted by atomic mass is 35.5. The highest BCUT2D eigenvalue weighted by molar-refractivity contribution is 6.43. The first-order valence-electron chi connectivity index (χ1n) is 4.55. The Labute approximate surface area is 98.7 Å². The van der Waals surface area contributed by atoms with Gasteiger partial charge in [0.15, 0.2) is 0 Å². The zero-order valence-electron chi connectivity index (χ0n) is 8.17. The van der Waals surface area contributed by atoms with E-state index in [1.807, 2.05) is 31.2 Å². The summed E-state index contributed by atoms with van der Waals surface area (Å²) in [7, 11) is 0. The number of aryl methyl sites for hydroxylation is 1. The molecule has 3 heteroatoms. The molecule has 0 saturated heterocycles. The number of hydrogen-bond donors (Lipinski definition) is 0. The zero-order valence-corrected chi connectivity index (χ0v) is 9.68. The molecule has 0 spiro atoms. The molecule has 1 aromatic carbocycles. The number of halogens is 2. The molecule has 0 atom stereocenters. The van der Waals surface area contributed by atoms with Gasteiger partial charge in [-0.25, -0.2) is 0 Å². The van der Waals surface area contributed by atoms with Gasteiger partial charge < -0.3 is 0 Å². The zero-order chi connectivity index (χ0) is 10.8. The molecule has 0 saturated carbocycles. The SMILES string of the molecule is Cc1ccc(-c2cccc(Cl)c2Cl)cn1. The fourth-order valence-electron chi connectivity index (χ4n) is 1.35. The Bertz CT molecular complexity index is 477. The number of rotatable bonds is 1. The normalized spacial score (nSPS) is 10.3. The number of aromatic nitrogens is 1. The van der Waals surface area contributed by atoms with E-state index in [1.165, 1.54) is 0 Å². The minimum Gasteiger partial charge on any atom is -0.261 e. The van der Waals surface area contributed by atoms with Gasteiger partial charge in [0.05, 0.1) is 10.0 Å². The van der Waals surface area contributed by atoms with Crippen LogP contribution in [-0.4, -0.2) is 4.98 Å². The van der Waals surface area contributed by atoms with E-state index < -0.39 is 0 Å². The molecule has 0 aliphatic carbocycles. The van der Waals surface area contributed by atoms with Gasteiger partial charge in [-0.05, 0) is 19.1 Å². The standard InChI is InChI=1S/C12H9Cl2N/c1-8-5-6-9(7-15-8)10-3-2-4-11(13)12(10)14/h2-7H,1H3. The Balaban J connectivity index is 2.54. The Hall–Kier alpha value is -1.05. The molecule has 0 aliphatic heterocycles. The van der Waals surface area contributed by atoms with Crippen molar-refractivity contribution in [2.24, 2.45) is 0 Å². The highest BCUT2D eigenvalue weighted by Crippen LogP contribution is 2.32. The third kappa shape index (κ3) is 2.14. The van der Waals surface area contributed by atoms with Crippen molar-refractivity contribution in [1.82, 2.24) is 4.98 Å². The second-order valence-corrected chi connectivity index (χ2v) is 4.07. The fourth-order valence-corrected chi connectivity index (χ4v) is 1.76. The second-order valence-electron chi connectivity index (χ2n) is 3.29. The van der Waals surface area contributed by atoms with Crippen molar-refractivity contribution >= 4 is 23.2 Å². The summed E-state index contributed by atoms with van der Waals surface area (Å²) in [5.74, 6) is 0. The van der Waals surface area contributed by atoms with E-state index in [4.69, 9.17) is 23.2 Å². The van der Waals surface area contributed by atoms with Crippen LogP contribution in [-0.2, 0) is 0 Å². The third-order valence-corrected chi connectivity index (χ3v) is 2.99. The summed E-state index contributed by atoms with van der Waals surface area (Å²) in [4.78, 5) is 4.22. The van der Waals surface area contributed by atoms with Crippen LogP contribution in [0.4, 0.5) is 0 Å². The smallest absolute Gasteiger partial charge is 0.0671 e. The molecule has 0 radical (unpaired) electrons. The quantitative estimate of drug-likeness (QED) is 0.719. The Morgan fingerprint density at radius 2 is 1.87 bits per heavy atom. The van der Waals surface area contributed by atoms with Gasteiger partial charge in [-0.3, -0.25) is 4.98 Å². The van der Waals surface area contributed by atoms with Crippen molar-refractivity contribution in [3.8, 4) is 11.1 Å². The first kappa shape index (κ1) is 10.5. The topological polar surface area (TPSA) is 12.9 Å². The maximum Gasteiger partial charge on any atom is 0.0671 e. The van der Waals surface area contributed by atoms with Gasteiger partial charge in [-0.2, -0.15) is 0 Å². The molecule has 1 heterocycles. The van der Waals surface area contributed by atoms with Crippen molar-refractivity contribution < 1.29 is 0 Å². The second kappa shape index (κ2) is 4.21. The summed E-state index contributed by atoms with van der Waals surface area (Å²) in [6.45, 7) is 1.95. The molecule has 0 N–H and O–H groups in total. The lowest BCUT2D eigenvalue weighted by atomic mass is 10.1. The molecule has 0 bridgehead atoms. The highest BCUT2D eigenvalue weighted by Gasteiger charge is 2.06. The molecule has 1 aromatic heterocycles. The van der Waals surface area contributed by atoms with E-state index >= 15 is 0 Å². The predicted molar refractivity (Wildman–Crippen MR) is 64.4 cm³/mol. The Kier molecular flexibility index (Phi) is 2.94. The largest absolute Gasteiger partial charge is 0.261 e. The summed E-state index contributed by atoms with van der Waals surface area (Å²) in [6.07, 6.45) is 1.80. The molecule has 0 unspecified atom stereocenters. The van der Waals surface area contributed by atoms with Crippen LogP contribution in [0.25, 0.3) is 11.1 Å². The van der Waals surface area contributed by atoms with Crippen LogP contribution in [0.1, 0.15) is 5.69 Å². The van der Waals surface area contributed by atoms with Crippen LogP contribution in [0.15, 0.2) is 36.5 Å². The molecule has 15 heavy (non-hydrogen) atoms.